The summed E-state index contributed by atoms with van der Waals surface area (Å²) in [7, 11) is 0. The number of hydrogen-bond donors (Lipinski definition) is 0. The number of carbonyl (C=O) groups is 1. The highest BCUT2D eigenvalue weighted by atomic mass is 16.1. The fraction of sp³-hybridized carbons (Fsp3) is 0.700. The van der Waals surface area contributed by atoms with Crippen LogP contribution in [0.2, 0.25) is 0 Å². The van der Waals surface area contributed by atoms with Gasteiger partial charge in [0, 0.05) is 12.3 Å². The van der Waals surface area contributed by atoms with E-state index in [1.54, 1.807) is 0 Å². The molecule has 0 aromatic heterocycles. The summed E-state index contributed by atoms with van der Waals surface area (Å²) >= 11 is 0. The largest absolute Gasteiger partial charge is 0.299 e. The average molecular weight is 152 g/mol. The van der Waals surface area contributed by atoms with Gasteiger partial charge in [0.25, 0.3) is 0 Å². The Morgan fingerprint density at radius 1 is 1.36 bits per heavy atom. The molecule has 2 unspecified atom stereocenters. The van der Waals surface area contributed by atoms with Crippen molar-refractivity contribution in [2.75, 3.05) is 0 Å². The zero-order chi connectivity index (χ0) is 8.43. The van der Waals surface area contributed by atoms with E-state index in [9.17, 15) is 4.79 Å². The molecule has 0 aliphatic heterocycles. The summed E-state index contributed by atoms with van der Waals surface area (Å²) < 4.78 is 0. The minimum Gasteiger partial charge on any atom is -0.299 e. The van der Waals surface area contributed by atoms with Gasteiger partial charge in [0.05, 0.1) is 0 Å². The average Bonchev–Trinajstić information content (AvgIpc) is 1.96. The lowest BCUT2D eigenvalue weighted by Crippen LogP contribution is -2.23. The van der Waals surface area contributed by atoms with Crippen molar-refractivity contribution in [3.05, 3.63) is 11.6 Å². The Morgan fingerprint density at radius 2 is 2.00 bits per heavy atom. The highest BCUT2D eigenvalue weighted by molar-refractivity contribution is 5.84. The fourth-order valence-electron chi connectivity index (χ4n) is 1.75. The van der Waals surface area contributed by atoms with Gasteiger partial charge in [0.2, 0.25) is 0 Å². The maximum Gasteiger partial charge on any atom is 0.139 e. The third kappa shape index (κ3) is 1.70. The number of allylic oxidation sites excluding steroid dienone is 2. The lowest BCUT2D eigenvalue weighted by atomic mass is 9.79. The predicted octanol–water partition coefficient (Wildman–Crippen LogP) is 2.57. The van der Waals surface area contributed by atoms with Crippen molar-refractivity contribution < 1.29 is 4.79 Å². The summed E-state index contributed by atoms with van der Waals surface area (Å²) in [6, 6.07) is 0. The third-order valence-electron chi connectivity index (χ3n) is 2.54. The van der Waals surface area contributed by atoms with Crippen LogP contribution in [0.3, 0.4) is 0 Å². The molecular weight excluding hydrogens is 136 g/mol. The van der Waals surface area contributed by atoms with Crippen molar-refractivity contribution in [1.82, 2.24) is 0 Å². The van der Waals surface area contributed by atoms with Crippen LogP contribution in [0.15, 0.2) is 11.6 Å². The smallest absolute Gasteiger partial charge is 0.139 e. The molecule has 0 aromatic carbocycles. The van der Waals surface area contributed by atoms with Crippen LogP contribution in [0.4, 0.5) is 0 Å². The van der Waals surface area contributed by atoms with Gasteiger partial charge in [-0.3, -0.25) is 4.79 Å². The summed E-state index contributed by atoms with van der Waals surface area (Å²) in [4.78, 5) is 11.3. The van der Waals surface area contributed by atoms with Gasteiger partial charge in [-0.25, -0.2) is 0 Å². The van der Waals surface area contributed by atoms with E-state index in [-0.39, 0.29) is 5.92 Å². The van der Waals surface area contributed by atoms with E-state index in [2.05, 4.69) is 13.0 Å². The van der Waals surface area contributed by atoms with E-state index in [0.29, 0.717) is 11.7 Å². The summed E-state index contributed by atoms with van der Waals surface area (Å²) in [5.41, 5.74) is 1.33. The van der Waals surface area contributed by atoms with Crippen molar-refractivity contribution in [3.8, 4) is 0 Å². The molecule has 11 heavy (non-hydrogen) atoms. The van der Waals surface area contributed by atoms with Crippen molar-refractivity contribution in [1.29, 1.82) is 0 Å². The molecule has 1 rings (SSSR count). The Morgan fingerprint density at radius 3 is 2.55 bits per heavy atom. The van der Waals surface area contributed by atoms with Crippen LogP contribution in [0, 0.1) is 11.8 Å². The zero-order valence-electron chi connectivity index (χ0n) is 7.55. The fourth-order valence-corrected chi connectivity index (χ4v) is 1.75. The van der Waals surface area contributed by atoms with Crippen LogP contribution < -0.4 is 0 Å². The predicted molar refractivity (Wildman–Crippen MR) is 46.3 cm³/mol. The molecule has 0 spiro atoms. The van der Waals surface area contributed by atoms with E-state index < -0.39 is 0 Å². The SMILES string of the molecule is C/C=C1/CC(C)CC(=O)C1C. The first kappa shape index (κ1) is 8.51. The van der Waals surface area contributed by atoms with E-state index in [4.69, 9.17) is 0 Å². The van der Waals surface area contributed by atoms with Gasteiger partial charge in [0.15, 0.2) is 0 Å². The highest BCUT2D eigenvalue weighted by Gasteiger charge is 2.25. The Kier molecular flexibility index (Phi) is 2.48. The lowest BCUT2D eigenvalue weighted by molar-refractivity contribution is -0.123. The number of hydrogen-bond acceptors (Lipinski definition) is 1. The van der Waals surface area contributed by atoms with Gasteiger partial charge in [-0.2, -0.15) is 0 Å². The molecule has 0 radical (unpaired) electrons. The molecule has 0 saturated heterocycles. The molecule has 62 valence electrons. The maximum atomic E-state index is 11.3. The summed E-state index contributed by atoms with van der Waals surface area (Å²) in [6.45, 7) is 6.19. The number of Topliss-reactive ketones (excluding diaryl/α,β-unsaturated/α-hetero) is 1. The number of carbonyl (C=O) groups excluding carboxylic acids is 1. The van der Waals surface area contributed by atoms with Crippen molar-refractivity contribution in [2.24, 2.45) is 11.8 Å². The molecule has 1 saturated carbocycles. The molecular formula is C10H16O. The summed E-state index contributed by atoms with van der Waals surface area (Å²) in [5, 5.41) is 0. The van der Waals surface area contributed by atoms with E-state index >= 15 is 0 Å². The first-order valence-electron chi connectivity index (χ1n) is 4.33. The molecule has 0 heterocycles. The van der Waals surface area contributed by atoms with Gasteiger partial charge in [-0.1, -0.05) is 25.5 Å². The molecule has 0 bridgehead atoms. The topological polar surface area (TPSA) is 17.1 Å². The summed E-state index contributed by atoms with van der Waals surface area (Å²) in [6.07, 6.45) is 3.99. The Bertz CT molecular complexity index is 191. The van der Waals surface area contributed by atoms with Gasteiger partial charge >= 0.3 is 0 Å². The molecule has 2 atom stereocenters. The first-order chi connectivity index (χ1) is 5.15. The van der Waals surface area contributed by atoms with Gasteiger partial charge in [-0.05, 0) is 19.3 Å². The standard InChI is InChI=1S/C10H16O/c1-4-9-5-7(2)6-10(11)8(9)3/h4,7-8H,5-6H2,1-3H3/b9-4-. The van der Waals surface area contributed by atoms with Crippen LogP contribution in [-0.4, -0.2) is 5.78 Å². The van der Waals surface area contributed by atoms with E-state index in [1.165, 1.54) is 5.57 Å². The van der Waals surface area contributed by atoms with Gasteiger partial charge in [0.1, 0.15) is 5.78 Å². The highest BCUT2D eigenvalue weighted by Crippen LogP contribution is 2.29. The van der Waals surface area contributed by atoms with Crippen LogP contribution in [0.25, 0.3) is 0 Å². The molecule has 0 amide bonds. The monoisotopic (exact) mass is 152 g/mol. The maximum absolute atomic E-state index is 11.3. The normalized spacial score (nSPS) is 36.3. The molecule has 1 fully saturated rings. The Hall–Kier alpha value is -0.590. The van der Waals surface area contributed by atoms with Crippen LogP contribution in [-0.2, 0) is 4.79 Å². The minimum absolute atomic E-state index is 0.191. The molecule has 1 aliphatic rings. The van der Waals surface area contributed by atoms with Crippen molar-refractivity contribution in [3.63, 3.8) is 0 Å². The second-order valence-corrected chi connectivity index (χ2v) is 3.57. The van der Waals surface area contributed by atoms with Crippen LogP contribution in [0.1, 0.15) is 33.6 Å². The molecule has 0 N–H and O–H groups in total. The lowest BCUT2D eigenvalue weighted by Gasteiger charge is -2.25. The minimum atomic E-state index is 0.191. The second-order valence-electron chi connectivity index (χ2n) is 3.57. The molecule has 0 aromatic rings. The zero-order valence-corrected chi connectivity index (χ0v) is 7.55. The van der Waals surface area contributed by atoms with Crippen LogP contribution >= 0.6 is 0 Å². The molecule has 1 aliphatic carbocycles. The summed E-state index contributed by atoms with van der Waals surface area (Å²) in [5.74, 6) is 1.16. The van der Waals surface area contributed by atoms with E-state index in [1.807, 2.05) is 13.8 Å². The second kappa shape index (κ2) is 3.21. The Labute approximate surface area is 68.5 Å². The van der Waals surface area contributed by atoms with E-state index in [0.717, 1.165) is 12.8 Å². The van der Waals surface area contributed by atoms with Crippen molar-refractivity contribution in [2.45, 2.75) is 33.6 Å². The van der Waals surface area contributed by atoms with Crippen molar-refractivity contribution >= 4 is 5.78 Å². The Balaban J connectivity index is 2.75. The molecule has 1 nitrogen and oxygen atoms in total. The van der Waals surface area contributed by atoms with Crippen LogP contribution in [0.5, 0.6) is 0 Å². The van der Waals surface area contributed by atoms with Gasteiger partial charge < -0.3 is 0 Å². The third-order valence-corrected chi connectivity index (χ3v) is 2.54. The van der Waals surface area contributed by atoms with Gasteiger partial charge in [-0.15, -0.1) is 0 Å². The number of rotatable bonds is 0. The number of ketones is 1. The molecule has 1 heteroatoms. The first-order valence-corrected chi connectivity index (χ1v) is 4.33. The quantitative estimate of drug-likeness (QED) is 0.487.